The van der Waals surface area contributed by atoms with Gasteiger partial charge in [0, 0.05) is 34.7 Å². The molecule has 1 unspecified atom stereocenters. The normalized spacial score (nSPS) is 17.4. The van der Waals surface area contributed by atoms with Crippen molar-refractivity contribution in [3.63, 3.8) is 0 Å². The van der Waals surface area contributed by atoms with E-state index in [2.05, 4.69) is 15.3 Å². The van der Waals surface area contributed by atoms with Gasteiger partial charge in [0.15, 0.2) is 0 Å². The van der Waals surface area contributed by atoms with Gasteiger partial charge in [-0.25, -0.2) is 9.78 Å². The Morgan fingerprint density at radius 1 is 1.42 bits per heavy atom. The van der Waals surface area contributed by atoms with E-state index in [1.54, 1.807) is 18.4 Å². The molecule has 1 aliphatic heterocycles. The molecule has 6 nitrogen and oxygen atoms in total. The number of thiazole rings is 1. The number of amides is 2. The summed E-state index contributed by atoms with van der Waals surface area (Å²) >= 11 is 1.62. The van der Waals surface area contributed by atoms with Crippen LogP contribution in [0.1, 0.15) is 36.0 Å². The van der Waals surface area contributed by atoms with Gasteiger partial charge in [-0.3, -0.25) is 0 Å². The maximum atomic E-state index is 12.8. The third kappa shape index (κ3) is 3.39. The van der Waals surface area contributed by atoms with E-state index in [9.17, 15) is 4.79 Å². The van der Waals surface area contributed by atoms with Crippen LogP contribution in [0.25, 0.3) is 10.9 Å². The Morgan fingerprint density at radius 3 is 3.15 bits per heavy atom. The Bertz CT molecular complexity index is 890. The average molecular weight is 370 g/mol. The molecule has 1 atom stereocenters. The summed E-state index contributed by atoms with van der Waals surface area (Å²) in [6.45, 7) is 1.25. The molecule has 3 aromatic rings. The summed E-state index contributed by atoms with van der Waals surface area (Å²) in [6.07, 6.45) is 4.97. The van der Waals surface area contributed by atoms with Crippen LogP contribution in [0.4, 0.5) is 4.79 Å². The molecular weight excluding hydrogens is 348 g/mol. The Labute approximate surface area is 156 Å². The molecule has 136 valence electrons. The highest BCUT2D eigenvalue weighted by molar-refractivity contribution is 7.09. The summed E-state index contributed by atoms with van der Waals surface area (Å²) in [5.41, 5.74) is 2.01. The lowest BCUT2D eigenvalue weighted by Crippen LogP contribution is -2.44. The highest BCUT2D eigenvalue weighted by Crippen LogP contribution is 2.32. The van der Waals surface area contributed by atoms with Crippen molar-refractivity contribution in [3.8, 4) is 5.75 Å². The van der Waals surface area contributed by atoms with Crippen LogP contribution in [0, 0.1) is 0 Å². The van der Waals surface area contributed by atoms with Gasteiger partial charge in [-0.2, -0.15) is 0 Å². The van der Waals surface area contributed by atoms with Gasteiger partial charge in [-0.05, 0) is 43.5 Å². The Hall–Kier alpha value is -2.54. The minimum atomic E-state index is -0.0267. The number of urea groups is 1. The number of nitrogens with one attached hydrogen (secondary N) is 2. The van der Waals surface area contributed by atoms with Crippen LogP contribution < -0.4 is 10.1 Å². The Kier molecular flexibility index (Phi) is 4.79. The first kappa shape index (κ1) is 16.9. The quantitative estimate of drug-likeness (QED) is 0.727. The molecule has 0 spiro atoms. The molecule has 2 aromatic heterocycles. The summed E-state index contributed by atoms with van der Waals surface area (Å²) in [5, 5.41) is 7.12. The van der Waals surface area contributed by atoms with Gasteiger partial charge in [0.2, 0.25) is 0 Å². The number of aromatic nitrogens is 2. The summed E-state index contributed by atoms with van der Waals surface area (Å²) in [5.74, 6) is 0.826. The van der Waals surface area contributed by atoms with Gasteiger partial charge in [0.05, 0.1) is 19.7 Å². The summed E-state index contributed by atoms with van der Waals surface area (Å²) in [6, 6.07) is 8.01. The van der Waals surface area contributed by atoms with Crippen LogP contribution in [0.3, 0.4) is 0 Å². The molecule has 4 rings (SSSR count). The van der Waals surface area contributed by atoms with Crippen molar-refractivity contribution in [2.45, 2.75) is 31.8 Å². The lowest BCUT2D eigenvalue weighted by Gasteiger charge is -2.34. The first-order valence-corrected chi connectivity index (χ1v) is 9.72. The molecule has 2 amide bonds. The van der Waals surface area contributed by atoms with Crippen LogP contribution in [0.2, 0.25) is 0 Å². The number of carbonyl (C=O) groups excluding carboxylic acids is 1. The molecule has 1 saturated heterocycles. The summed E-state index contributed by atoms with van der Waals surface area (Å²) < 4.78 is 5.26. The number of rotatable bonds is 4. The number of likely N-dealkylation sites (tertiary alicyclic amines) is 1. The van der Waals surface area contributed by atoms with Gasteiger partial charge in [0.1, 0.15) is 10.8 Å². The fraction of sp³-hybridized carbons (Fsp3) is 0.368. The lowest BCUT2D eigenvalue weighted by atomic mass is 10.0. The average Bonchev–Trinajstić information content (AvgIpc) is 3.34. The number of fused-ring (bicyclic) bond motifs is 1. The van der Waals surface area contributed by atoms with E-state index in [0.717, 1.165) is 53.2 Å². The van der Waals surface area contributed by atoms with Gasteiger partial charge in [-0.15, -0.1) is 11.3 Å². The van der Waals surface area contributed by atoms with E-state index in [1.807, 2.05) is 40.7 Å². The number of ether oxygens (including phenoxy) is 1. The minimum absolute atomic E-state index is 0.0267. The maximum absolute atomic E-state index is 12.8. The molecule has 1 fully saturated rings. The molecule has 7 heteroatoms. The third-order valence-corrected chi connectivity index (χ3v) is 5.69. The molecule has 0 saturated carbocycles. The predicted octanol–water partition coefficient (Wildman–Crippen LogP) is 4.07. The van der Waals surface area contributed by atoms with Gasteiger partial charge >= 0.3 is 6.03 Å². The van der Waals surface area contributed by atoms with Crippen LogP contribution in [-0.4, -0.2) is 34.6 Å². The van der Waals surface area contributed by atoms with E-state index in [4.69, 9.17) is 4.74 Å². The second-order valence-corrected chi connectivity index (χ2v) is 7.41. The van der Waals surface area contributed by atoms with Crippen LogP contribution in [0.15, 0.2) is 35.8 Å². The largest absolute Gasteiger partial charge is 0.497 e. The van der Waals surface area contributed by atoms with Crippen LogP contribution in [0.5, 0.6) is 5.75 Å². The fourth-order valence-corrected chi connectivity index (χ4v) is 4.28. The van der Waals surface area contributed by atoms with Crippen molar-refractivity contribution in [1.29, 1.82) is 0 Å². The van der Waals surface area contributed by atoms with E-state index >= 15 is 0 Å². The fourth-order valence-electron chi connectivity index (χ4n) is 3.50. The van der Waals surface area contributed by atoms with E-state index in [1.165, 1.54) is 0 Å². The number of carbonyl (C=O) groups is 1. The van der Waals surface area contributed by atoms with E-state index in [-0.39, 0.29) is 12.1 Å². The SMILES string of the molecule is COc1ccc2[nH]c(CNC(=O)N3CCCCC3c3nccs3)cc2c1. The molecule has 1 aliphatic rings. The standard InChI is InChI=1S/C19H22N4O2S/c1-25-15-5-6-16-13(11-15)10-14(22-16)12-21-19(24)23-8-3-2-4-17(23)18-20-7-9-26-18/h5-7,9-11,17,22H,2-4,8,12H2,1H3,(H,21,24). The smallest absolute Gasteiger partial charge is 0.318 e. The summed E-state index contributed by atoms with van der Waals surface area (Å²) in [4.78, 5) is 22.4. The van der Waals surface area contributed by atoms with E-state index < -0.39 is 0 Å². The highest BCUT2D eigenvalue weighted by atomic mass is 32.1. The van der Waals surface area contributed by atoms with Crippen molar-refractivity contribution in [2.75, 3.05) is 13.7 Å². The lowest BCUT2D eigenvalue weighted by molar-refractivity contribution is 0.151. The van der Waals surface area contributed by atoms with Gasteiger partial charge < -0.3 is 19.9 Å². The molecular formula is C19H22N4O2S. The first-order chi connectivity index (χ1) is 12.7. The van der Waals surface area contributed by atoms with Gasteiger partial charge in [-0.1, -0.05) is 0 Å². The maximum Gasteiger partial charge on any atom is 0.318 e. The monoisotopic (exact) mass is 370 g/mol. The predicted molar refractivity (Wildman–Crippen MR) is 102 cm³/mol. The number of methoxy groups -OCH3 is 1. The second kappa shape index (κ2) is 7.37. The van der Waals surface area contributed by atoms with Crippen LogP contribution >= 0.6 is 11.3 Å². The van der Waals surface area contributed by atoms with Crippen molar-refractivity contribution in [2.24, 2.45) is 0 Å². The molecule has 1 aromatic carbocycles. The number of H-pyrrole nitrogens is 1. The second-order valence-electron chi connectivity index (χ2n) is 6.48. The molecule has 0 aliphatic carbocycles. The van der Waals surface area contributed by atoms with Crippen molar-refractivity contribution in [3.05, 3.63) is 46.5 Å². The van der Waals surface area contributed by atoms with Crippen molar-refractivity contribution in [1.82, 2.24) is 20.2 Å². The van der Waals surface area contributed by atoms with Crippen LogP contribution in [-0.2, 0) is 6.54 Å². The Balaban J connectivity index is 1.44. The number of nitrogens with zero attached hydrogens (tertiary/aromatic N) is 2. The molecule has 0 bridgehead atoms. The number of aromatic amines is 1. The zero-order chi connectivity index (χ0) is 17.9. The summed E-state index contributed by atoms with van der Waals surface area (Å²) in [7, 11) is 1.66. The number of piperidine rings is 1. The number of hydrogen-bond acceptors (Lipinski definition) is 4. The zero-order valence-electron chi connectivity index (χ0n) is 14.7. The van der Waals surface area contributed by atoms with E-state index in [0.29, 0.717) is 6.54 Å². The zero-order valence-corrected chi connectivity index (χ0v) is 15.5. The first-order valence-electron chi connectivity index (χ1n) is 8.84. The minimum Gasteiger partial charge on any atom is -0.497 e. The number of hydrogen-bond donors (Lipinski definition) is 2. The highest BCUT2D eigenvalue weighted by Gasteiger charge is 2.29. The number of benzene rings is 1. The van der Waals surface area contributed by atoms with Gasteiger partial charge in [0.25, 0.3) is 0 Å². The Morgan fingerprint density at radius 2 is 2.35 bits per heavy atom. The molecule has 26 heavy (non-hydrogen) atoms. The van der Waals surface area contributed by atoms with Crippen molar-refractivity contribution >= 4 is 28.3 Å². The molecule has 3 heterocycles. The van der Waals surface area contributed by atoms with Crippen molar-refractivity contribution < 1.29 is 9.53 Å². The molecule has 0 radical (unpaired) electrons. The third-order valence-electron chi connectivity index (χ3n) is 4.81. The topological polar surface area (TPSA) is 70.2 Å². The molecule has 2 N–H and O–H groups in total.